The van der Waals surface area contributed by atoms with Crippen molar-refractivity contribution in [2.75, 3.05) is 5.32 Å². The van der Waals surface area contributed by atoms with Crippen LogP contribution in [0.2, 0.25) is 10.0 Å². The van der Waals surface area contributed by atoms with Crippen molar-refractivity contribution >= 4 is 34.9 Å². The maximum Gasteiger partial charge on any atom is 0.266 e. The van der Waals surface area contributed by atoms with Crippen LogP contribution in [-0.2, 0) is 4.79 Å². The van der Waals surface area contributed by atoms with E-state index in [1.165, 1.54) is 29.7 Å². The van der Waals surface area contributed by atoms with Crippen molar-refractivity contribution in [1.29, 1.82) is 0 Å². The molecular weight excluding hydrogens is 367 g/mol. The molecule has 0 aliphatic rings. The number of carbonyl (C=O) groups excluding carboxylic acids is 1. The number of hydrogen-bond donors (Lipinski definition) is 1. The van der Waals surface area contributed by atoms with Gasteiger partial charge in [0.05, 0.1) is 5.02 Å². The molecule has 0 bridgehead atoms. The summed E-state index contributed by atoms with van der Waals surface area (Å²) in [6, 6.07) is 6.33. The third kappa shape index (κ3) is 4.23. The maximum atomic E-state index is 12.3. The second-order valence-corrected chi connectivity index (χ2v) is 5.77. The lowest BCUT2D eigenvalue weighted by Crippen LogP contribution is -2.30. The first-order chi connectivity index (χ1) is 12.0. The lowest BCUT2D eigenvalue weighted by atomic mass is 10.3. The number of benzene rings is 1. The number of amides is 1. The normalized spacial score (nSPS) is 11.8. The molecule has 1 amide bonds. The zero-order valence-corrected chi connectivity index (χ0v) is 14.4. The average molecular weight is 379 g/mol. The summed E-state index contributed by atoms with van der Waals surface area (Å²) in [4.78, 5) is 24.2. The van der Waals surface area contributed by atoms with E-state index in [-0.39, 0.29) is 0 Å². The van der Waals surface area contributed by atoms with Gasteiger partial charge in [0, 0.05) is 11.1 Å². The predicted molar refractivity (Wildman–Crippen MR) is 92.1 cm³/mol. The van der Waals surface area contributed by atoms with Gasteiger partial charge in [-0.2, -0.15) is 5.10 Å². The highest BCUT2D eigenvalue weighted by Crippen LogP contribution is 2.28. The van der Waals surface area contributed by atoms with Gasteiger partial charge in [0.15, 0.2) is 11.9 Å². The number of ether oxygens (including phenoxy) is 1. The summed E-state index contributed by atoms with van der Waals surface area (Å²) in [5, 5.41) is 7.42. The molecule has 3 rings (SSSR count). The fraction of sp³-hybridized carbons (Fsp3) is 0.133. The van der Waals surface area contributed by atoms with Gasteiger partial charge < -0.3 is 10.1 Å². The number of nitrogens with one attached hydrogen (secondary N) is 1. The van der Waals surface area contributed by atoms with Gasteiger partial charge in [-0.3, -0.25) is 4.79 Å². The molecule has 128 valence electrons. The van der Waals surface area contributed by atoms with Crippen molar-refractivity contribution in [2.24, 2.45) is 0 Å². The highest BCUT2D eigenvalue weighted by molar-refractivity contribution is 6.35. The fourth-order valence-electron chi connectivity index (χ4n) is 1.91. The molecule has 3 aromatic rings. The molecule has 0 aliphatic carbocycles. The van der Waals surface area contributed by atoms with E-state index in [1.54, 1.807) is 25.1 Å². The van der Waals surface area contributed by atoms with Gasteiger partial charge in [-0.15, -0.1) is 0 Å². The molecule has 1 atom stereocenters. The second kappa shape index (κ2) is 7.45. The van der Waals surface area contributed by atoms with Crippen molar-refractivity contribution in [3.63, 3.8) is 0 Å². The van der Waals surface area contributed by atoms with Crippen molar-refractivity contribution < 1.29 is 9.53 Å². The Hall–Kier alpha value is -2.71. The minimum atomic E-state index is -0.802. The Kier molecular flexibility index (Phi) is 5.11. The highest BCUT2D eigenvalue weighted by atomic mass is 35.5. The molecule has 2 heterocycles. The minimum Gasteiger partial charge on any atom is -0.479 e. The van der Waals surface area contributed by atoms with Crippen LogP contribution in [0.3, 0.4) is 0 Å². The largest absolute Gasteiger partial charge is 0.479 e. The number of anilines is 1. The van der Waals surface area contributed by atoms with Crippen LogP contribution in [0.25, 0.3) is 5.82 Å². The zero-order valence-electron chi connectivity index (χ0n) is 12.9. The molecule has 0 saturated heterocycles. The van der Waals surface area contributed by atoms with E-state index in [0.717, 1.165) is 0 Å². The lowest BCUT2D eigenvalue weighted by Gasteiger charge is -2.15. The van der Waals surface area contributed by atoms with Gasteiger partial charge in [0.2, 0.25) is 0 Å². The van der Waals surface area contributed by atoms with E-state index in [2.05, 4.69) is 25.4 Å². The first-order valence-electron chi connectivity index (χ1n) is 7.12. The Morgan fingerprint density at radius 2 is 2.08 bits per heavy atom. The Morgan fingerprint density at radius 3 is 2.80 bits per heavy atom. The number of halogens is 2. The molecule has 0 radical (unpaired) electrons. The summed E-state index contributed by atoms with van der Waals surface area (Å²) in [5.41, 5.74) is 0. The average Bonchev–Trinajstić information content (AvgIpc) is 3.12. The Balaban J connectivity index is 1.68. The highest BCUT2D eigenvalue weighted by Gasteiger charge is 2.17. The quantitative estimate of drug-likeness (QED) is 0.733. The smallest absolute Gasteiger partial charge is 0.266 e. The Morgan fingerprint density at radius 1 is 1.24 bits per heavy atom. The molecule has 25 heavy (non-hydrogen) atoms. The number of rotatable bonds is 5. The van der Waals surface area contributed by atoms with E-state index in [9.17, 15) is 4.79 Å². The van der Waals surface area contributed by atoms with Gasteiger partial charge in [0.25, 0.3) is 5.91 Å². The molecule has 1 N–H and O–H groups in total. The van der Waals surface area contributed by atoms with E-state index in [0.29, 0.717) is 27.4 Å². The Labute approximate surface area is 152 Å². The van der Waals surface area contributed by atoms with Gasteiger partial charge >= 0.3 is 0 Å². The zero-order chi connectivity index (χ0) is 17.8. The van der Waals surface area contributed by atoms with Crippen LogP contribution in [0.15, 0.2) is 43.2 Å². The molecule has 0 aliphatic heterocycles. The van der Waals surface area contributed by atoms with Crippen molar-refractivity contribution in [2.45, 2.75) is 13.0 Å². The summed E-state index contributed by atoms with van der Waals surface area (Å²) in [7, 11) is 0. The number of nitrogens with zero attached hydrogens (tertiary/aromatic N) is 5. The maximum absolute atomic E-state index is 12.3. The van der Waals surface area contributed by atoms with Crippen LogP contribution < -0.4 is 10.1 Å². The van der Waals surface area contributed by atoms with E-state index >= 15 is 0 Å². The van der Waals surface area contributed by atoms with Gasteiger partial charge in [0.1, 0.15) is 30.5 Å². The van der Waals surface area contributed by atoms with Gasteiger partial charge in [-0.1, -0.05) is 23.2 Å². The first-order valence-corrected chi connectivity index (χ1v) is 7.88. The fourth-order valence-corrected chi connectivity index (χ4v) is 2.36. The standard InChI is InChI=1S/C15H12Cl2N6O2/c1-9(25-12-3-2-10(16)4-11(12)17)15(24)22-13-5-14(20-7-19-13)23-8-18-6-21-23/h2-9H,1H3,(H,19,20,22,24). The second-order valence-electron chi connectivity index (χ2n) is 4.93. The number of carbonyl (C=O) groups is 1. The van der Waals surface area contributed by atoms with E-state index in [4.69, 9.17) is 27.9 Å². The van der Waals surface area contributed by atoms with E-state index < -0.39 is 12.0 Å². The minimum absolute atomic E-state index is 0.308. The van der Waals surface area contributed by atoms with E-state index in [1.807, 2.05) is 0 Å². The van der Waals surface area contributed by atoms with Crippen molar-refractivity contribution in [3.8, 4) is 11.6 Å². The summed E-state index contributed by atoms with van der Waals surface area (Å²) >= 11 is 11.9. The molecule has 0 saturated carbocycles. The molecular formula is C15H12Cl2N6O2. The molecule has 1 unspecified atom stereocenters. The van der Waals surface area contributed by atoms with Crippen LogP contribution in [0.4, 0.5) is 5.82 Å². The summed E-state index contributed by atoms with van der Waals surface area (Å²) in [5.74, 6) is 0.745. The molecule has 0 fully saturated rings. The SMILES string of the molecule is CC(Oc1ccc(Cl)cc1Cl)C(=O)Nc1cc(-n2cncn2)ncn1. The van der Waals surface area contributed by atoms with Crippen LogP contribution >= 0.6 is 23.2 Å². The van der Waals surface area contributed by atoms with Crippen LogP contribution in [0.1, 0.15) is 6.92 Å². The van der Waals surface area contributed by atoms with Crippen molar-refractivity contribution in [3.05, 3.63) is 53.3 Å². The number of hydrogen-bond acceptors (Lipinski definition) is 6. The van der Waals surface area contributed by atoms with Crippen LogP contribution in [0.5, 0.6) is 5.75 Å². The van der Waals surface area contributed by atoms with Gasteiger partial charge in [-0.05, 0) is 25.1 Å². The molecule has 8 nitrogen and oxygen atoms in total. The topological polar surface area (TPSA) is 94.8 Å². The molecule has 0 spiro atoms. The third-order valence-electron chi connectivity index (χ3n) is 3.12. The van der Waals surface area contributed by atoms with Crippen molar-refractivity contribution in [1.82, 2.24) is 24.7 Å². The number of aromatic nitrogens is 5. The summed E-state index contributed by atoms with van der Waals surface area (Å²) in [6.45, 7) is 1.60. The van der Waals surface area contributed by atoms with Gasteiger partial charge in [-0.25, -0.2) is 19.6 Å². The molecule has 2 aromatic heterocycles. The molecule has 1 aromatic carbocycles. The predicted octanol–water partition coefficient (Wildman–Crippen LogP) is 2.77. The first kappa shape index (κ1) is 17.1. The Bertz CT molecular complexity index is 887. The molecule has 10 heteroatoms. The summed E-state index contributed by atoms with van der Waals surface area (Å²) < 4.78 is 7.01. The summed E-state index contributed by atoms with van der Waals surface area (Å²) in [6.07, 6.45) is 3.38. The monoisotopic (exact) mass is 378 g/mol. The van der Waals surface area contributed by atoms with Crippen LogP contribution in [-0.4, -0.2) is 36.7 Å². The lowest BCUT2D eigenvalue weighted by molar-refractivity contribution is -0.122. The third-order valence-corrected chi connectivity index (χ3v) is 3.65. The van der Waals surface area contributed by atoms with Crippen LogP contribution in [0, 0.1) is 0 Å².